The van der Waals surface area contributed by atoms with E-state index in [-0.39, 0.29) is 6.61 Å². The van der Waals surface area contributed by atoms with Gasteiger partial charge in [-0.3, -0.25) is 4.90 Å². The predicted octanol–water partition coefficient (Wildman–Crippen LogP) is 0.897. The van der Waals surface area contributed by atoms with Gasteiger partial charge in [0.05, 0.1) is 0 Å². The third-order valence-corrected chi connectivity index (χ3v) is 4.59. The van der Waals surface area contributed by atoms with E-state index >= 15 is 0 Å². The molecule has 2 aromatic rings. The minimum Gasteiger partial charge on any atom is -0.388 e. The highest BCUT2D eigenvalue weighted by Gasteiger charge is 2.26. The lowest BCUT2D eigenvalue weighted by Crippen LogP contribution is -2.34. The van der Waals surface area contributed by atoms with Crippen molar-refractivity contribution in [3.63, 3.8) is 0 Å². The van der Waals surface area contributed by atoms with Crippen molar-refractivity contribution in [2.45, 2.75) is 31.9 Å². The van der Waals surface area contributed by atoms with E-state index in [2.05, 4.69) is 21.2 Å². The molecule has 0 saturated carbocycles. The molecule has 1 saturated heterocycles. The molecular weight excluding hydrogens is 292 g/mol. The van der Waals surface area contributed by atoms with E-state index in [4.69, 9.17) is 5.26 Å². The van der Waals surface area contributed by atoms with Crippen LogP contribution in [0.1, 0.15) is 41.7 Å². The lowest BCUT2D eigenvalue weighted by atomic mass is 9.97. The van der Waals surface area contributed by atoms with Gasteiger partial charge in [0.1, 0.15) is 24.2 Å². The van der Waals surface area contributed by atoms with Gasteiger partial charge in [0.25, 0.3) is 0 Å². The summed E-state index contributed by atoms with van der Waals surface area (Å²) < 4.78 is 3.78. The second-order valence-electron chi connectivity index (χ2n) is 6.22. The van der Waals surface area contributed by atoms with Gasteiger partial charge in [0.15, 0.2) is 5.82 Å². The minimum absolute atomic E-state index is 0.0825. The maximum Gasteiger partial charge on any atom is 0.158 e. The van der Waals surface area contributed by atoms with Gasteiger partial charge >= 0.3 is 0 Å². The zero-order valence-corrected chi connectivity index (χ0v) is 13.6. The van der Waals surface area contributed by atoms with Crippen molar-refractivity contribution in [1.29, 1.82) is 5.26 Å². The molecular formula is C16H22N6O. The lowest BCUT2D eigenvalue weighted by molar-refractivity contribution is 0.194. The molecule has 3 rings (SSSR count). The number of nitrogens with zero attached hydrogens (tertiary/aromatic N) is 6. The molecule has 0 spiro atoms. The number of aliphatic hydroxyl groups is 1. The number of piperidine rings is 1. The second-order valence-corrected chi connectivity index (χ2v) is 6.22. The summed E-state index contributed by atoms with van der Waals surface area (Å²) in [5.41, 5.74) is 1.85. The summed E-state index contributed by atoms with van der Waals surface area (Å²) in [6.07, 6.45) is 4.23. The number of hydrogen-bond donors (Lipinski definition) is 1. The van der Waals surface area contributed by atoms with Crippen molar-refractivity contribution >= 4 is 0 Å². The van der Waals surface area contributed by atoms with E-state index in [0.29, 0.717) is 17.4 Å². The van der Waals surface area contributed by atoms with Crippen LogP contribution in [0.15, 0.2) is 12.3 Å². The summed E-state index contributed by atoms with van der Waals surface area (Å²) >= 11 is 0. The first-order valence-electron chi connectivity index (χ1n) is 7.89. The van der Waals surface area contributed by atoms with Gasteiger partial charge < -0.3 is 14.2 Å². The number of aliphatic hydroxyl groups excluding tert-OH is 1. The third kappa shape index (κ3) is 3.14. The fourth-order valence-corrected chi connectivity index (χ4v) is 3.37. The first kappa shape index (κ1) is 15.7. The Bertz CT molecular complexity index is 725. The van der Waals surface area contributed by atoms with Crippen molar-refractivity contribution in [3.05, 3.63) is 35.2 Å². The molecule has 2 aromatic heterocycles. The molecule has 7 heteroatoms. The molecule has 1 N–H and O–H groups in total. The quantitative estimate of drug-likeness (QED) is 0.906. The van der Waals surface area contributed by atoms with Crippen molar-refractivity contribution < 1.29 is 5.11 Å². The molecule has 0 radical (unpaired) electrons. The van der Waals surface area contributed by atoms with Crippen molar-refractivity contribution in [3.8, 4) is 6.07 Å². The molecule has 23 heavy (non-hydrogen) atoms. The average molecular weight is 314 g/mol. The average Bonchev–Trinajstić information content (AvgIpc) is 3.09. The number of aromatic nitrogens is 4. The van der Waals surface area contributed by atoms with E-state index in [1.165, 1.54) is 5.56 Å². The SMILES string of the molecule is Cn1cc(CN2CCC[C@H](c3nnc(CO)n3C)C2)cc1C#N. The summed E-state index contributed by atoms with van der Waals surface area (Å²) in [5, 5.41) is 26.6. The maximum absolute atomic E-state index is 9.27. The maximum atomic E-state index is 9.27. The van der Waals surface area contributed by atoms with Crippen LogP contribution >= 0.6 is 0 Å². The van der Waals surface area contributed by atoms with Crippen LogP contribution in [0.3, 0.4) is 0 Å². The molecule has 1 aliphatic rings. The van der Waals surface area contributed by atoms with Crippen LogP contribution in [-0.4, -0.2) is 42.4 Å². The Morgan fingerprint density at radius 1 is 1.39 bits per heavy atom. The molecule has 3 heterocycles. The van der Waals surface area contributed by atoms with E-state index in [0.717, 1.165) is 38.3 Å². The van der Waals surface area contributed by atoms with Crippen molar-refractivity contribution in [2.75, 3.05) is 13.1 Å². The van der Waals surface area contributed by atoms with E-state index in [1.54, 1.807) is 0 Å². The highest BCUT2D eigenvalue weighted by atomic mass is 16.3. The Morgan fingerprint density at radius 2 is 2.22 bits per heavy atom. The highest BCUT2D eigenvalue weighted by Crippen LogP contribution is 2.27. The van der Waals surface area contributed by atoms with Crippen molar-refractivity contribution in [2.24, 2.45) is 14.1 Å². The van der Waals surface area contributed by atoms with Crippen LogP contribution < -0.4 is 0 Å². The normalized spacial score (nSPS) is 19.0. The van der Waals surface area contributed by atoms with Crippen LogP contribution in [0.5, 0.6) is 0 Å². The van der Waals surface area contributed by atoms with Gasteiger partial charge in [-0.05, 0) is 31.0 Å². The zero-order valence-electron chi connectivity index (χ0n) is 13.6. The second kappa shape index (κ2) is 6.52. The first-order chi connectivity index (χ1) is 11.1. The molecule has 1 atom stereocenters. The fourth-order valence-electron chi connectivity index (χ4n) is 3.37. The van der Waals surface area contributed by atoms with Gasteiger partial charge in [0, 0.05) is 39.3 Å². The largest absolute Gasteiger partial charge is 0.388 e. The monoisotopic (exact) mass is 314 g/mol. The van der Waals surface area contributed by atoms with Crippen LogP contribution in [0.2, 0.25) is 0 Å². The smallest absolute Gasteiger partial charge is 0.158 e. The third-order valence-electron chi connectivity index (χ3n) is 4.59. The van der Waals surface area contributed by atoms with E-state index in [1.807, 2.05) is 35.5 Å². The molecule has 0 aliphatic carbocycles. The fraction of sp³-hybridized carbons (Fsp3) is 0.562. The highest BCUT2D eigenvalue weighted by molar-refractivity contribution is 5.28. The first-order valence-corrected chi connectivity index (χ1v) is 7.89. The van der Waals surface area contributed by atoms with E-state index in [9.17, 15) is 5.11 Å². The van der Waals surface area contributed by atoms with Gasteiger partial charge in [-0.15, -0.1) is 10.2 Å². The molecule has 1 fully saturated rings. The Kier molecular flexibility index (Phi) is 4.46. The number of aryl methyl sites for hydroxylation is 1. The summed E-state index contributed by atoms with van der Waals surface area (Å²) in [6.45, 7) is 2.74. The summed E-state index contributed by atoms with van der Waals surface area (Å²) in [4.78, 5) is 2.40. The zero-order chi connectivity index (χ0) is 16.4. The Morgan fingerprint density at radius 3 is 2.87 bits per heavy atom. The van der Waals surface area contributed by atoms with Crippen LogP contribution in [0.25, 0.3) is 0 Å². The number of rotatable bonds is 4. The van der Waals surface area contributed by atoms with Gasteiger partial charge in [-0.25, -0.2) is 0 Å². The number of hydrogen-bond acceptors (Lipinski definition) is 5. The Labute approximate surface area is 135 Å². The van der Waals surface area contributed by atoms with Gasteiger partial charge in [-0.2, -0.15) is 5.26 Å². The topological polar surface area (TPSA) is 82.9 Å². The number of likely N-dealkylation sites (tertiary alicyclic amines) is 1. The molecule has 1 aliphatic heterocycles. The van der Waals surface area contributed by atoms with Gasteiger partial charge in [-0.1, -0.05) is 0 Å². The summed E-state index contributed by atoms with van der Waals surface area (Å²) in [7, 11) is 3.81. The van der Waals surface area contributed by atoms with Crippen molar-refractivity contribution in [1.82, 2.24) is 24.2 Å². The van der Waals surface area contributed by atoms with E-state index < -0.39 is 0 Å². The van der Waals surface area contributed by atoms with Gasteiger partial charge in [0.2, 0.25) is 0 Å². The Balaban J connectivity index is 1.70. The molecule has 0 amide bonds. The molecule has 7 nitrogen and oxygen atoms in total. The minimum atomic E-state index is -0.0825. The Hall–Kier alpha value is -2.17. The molecule has 122 valence electrons. The molecule has 0 unspecified atom stereocenters. The standard InChI is InChI=1S/C16H22N6O/c1-20-8-12(6-14(20)7-17)9-22-5-3-4-13(10-22)16-19-18-15(11-23)21(16)2/h6,8,13,23H,3-5,9-11H2,1-2H3/t13-/m0/s1. The van der Waals surface area contributed by atoms with Crippen LogP contribution in [0.4, 0.5) is 0 Å². The molecule has 0 aromatic carbocycles. The molecule has 0 bridgehead atoms. The lowest BCUT2D eigenvalue weighted by Gasteiger charge is -2.31. The summed E-state index contributed by atoms with van der Waals surface area (Å²) in [5.74, 6) is 1.89. The number of nitriles is 1. The van der Waals surface area contributed by atoms with Crippen LogP contribution in [0, 0.1) is 11.3 Å². The summed E-state index contributed by atoms with van der Waals surface area (Å²) in [6, 6.07) is 4.16. The van der Waals surface area contributed by atoms with Crippen LogP contribution in [-0.2, 0) is 27.2 Å². The predicted molar refractivity (Wildman–Crippen MR) is 84.3 cm³/mol.